The van der Waals surface area contributed by atoms with Crippen molar-refractivity contribution in [2.24, 2.45) is 5.92 Å². The molecule has 4 heteroatoms. The van der Waals surface area contributed by atoms with E-state index in [1.165, 1.54) is 0 Å². The van der Waals surface area contributed by atoms with Crippen molar-refractivity contribution in [3.8, 4) is 0 Å². The molecule has 2 N–H and O–H groups in total. The number of carbonyl (C=O) groups excluding carboxylic acids is 1. The Bertz CT molecular complexity index is 184. The lowest BCUT2D eigenvalue weighted by Gasteiger charge is -2.14. The molecule has 1 unspecified atom stereocenters. The second kappa shape index (κ2) is 9.60. The summed E-state index contributed by atoms with van der Waals surface area (Å²) in [6.45, 7) is 4.21. The first-order chi connectivity index (χ1) is 7.61. The normalized spacial score (nSPS) is 12.5. The molecule has 0 bridgehead atoms. The van der Waals surface area contributed by atoms with Gasteiger partial charge in [0.2, 0.25) is 5.91 Å². The molecule has 0 aromatic heterocycles. The Kier molecular flexibility index (Phi) is 9.24. The first-order valence-corrected chi connectivity index (χ1v) is 6.13. The number of hydrogen-bond acceptors (Lipinski definition) is 3. The number of aliphatic hydroxyl groups excluding tert-OH is 1. The van der Waals surface area contributed by atoms with Gasteiger partial charge in [-0.25, -0.2) is 0 Å². The minimum Gasteiger partial charge on any atom is -0.396 e. The predicted octanol–water partition coefficient (Wildman–Crippen LogP) is 0.853. The average Bonchev–Trinajstić information content (AvgIpc) is 2.26. The van der Waals surface area contributed by atoms with Crippen molar-refractivity contribution >= 4 is 5.91 Å². The molecule has 1 atom stereocenters. The zero-order chi connectivity index (χ0) is 12.4. The average molecular weight is 230 g/mol. The van der Waals surface area contributed by atoms with E-state index in [9.17, 15) is 4.79 Å². The number of rotatable bonds is 9. The highest BCUT2D eigenvalue weighted by molar-refractivity contribution is 5.75. The third-order valence-corrected chi connectivity index (χ3v) is 2.79. The van der Waals surface area contributed by atoms with Crippen LogP contribution in [-0.4, -0.2) is 49.7 Å². The molecule has 4 nitrogen and oxygen atoms in total. The highest BCUT2D eigenvalue weighted by atomic mass is 16.3. The van der Waals surface area contributed by atoms with E-state index in [1.807, 2.05) is 0 Å². The first kappa shape index (κ1) is 15.4. The third-order valence-electron chi connectivity index (χ3n) is 2.79. The predicted molar refractivity (Wildman–Crippen MR) is 66.3 cm³/mol. The summed E-state index contributed by atoms with van der Waals surface area (Å²) in [6.07, 6.45) is 3.44. The van der Waals surface area contributed by atoms with Crippen LogP contribution in [0.25, 0.3) is 0 Å². The van der Waals surface area contributed by atoms with Crippen LogP contribution in [0.5, 0.6) is 0 Å². The van der Waals surface area contributed by atoms with Gasteiger partial charge < -0.3 is 15.3 Å². The van der Waals surface area contributed by atoms with Crippen LogP contribution >= 0.6 is 0 Å². The monoisotopic (exact) mass is 230 g/mol. The van der Waals surface area contributed by atoms with E-state index >= 15 is 0 Å². The fraction of sp³-hybridized carbons (Fsp3) is 0.917. The Hall–Kier alpha value is -0.610. The maximum absolute atomic E-state index is 11.3. The Morgan fingerprint density at radius 2 is 2.12 bits per heavy atom. The van der Waals surface area contributed by atoms with Crippen molar-refractivity contribution in [2.75, 3.05) is 33.8 Å². The van der Waals surface area contributed by atoms with Crippen LogP contribution < -0.4 is 5.32 Å². The second-order valence-electron chi connectivity index (χ2n) is 4.38. The topological polar surface area (TPSA) is 52.6 Å². The zero-order valence-electron chi connectivity index (χ0n) is 10.8. The van der Waals surface area contributed by atoms with Crippen LogP contribution in [-0.2, 0) is 4.79 Å². The lowest BCUT2D eigenvalue weighted by Crippen LogP contribution is -2.26. The number of amides is 1. The Balaban J connectivity index is 3.41. The molecule has 0 rings (SSSR count). The molecule has 0 aliphatic rings. The van der Waals surface area contributed by atoms with Gasteiger partial charge in [-0.2, -0.15) is 0 Å². The van der Waals surface area contributed by atoms with E-state index in [1.54, 1.807) is 19.0 Å². The van der Waals surface area contributed by atoms with Gasteiger partial charge in [-0.15, -0.1) is 0 Å². The van der Waals surface area contributed by atoms with Gasteiger partial charge in [-0.05, 0) is 31.8 Å². The molecule has 1 amide bonds. The van der Waals surface area contributed by atoms with Crippen molar-refractivity contribution in [2.45, 2.75) is 32.6 Å². The second-order valence-corrected chi connectivity index (χ2v) is 4.38. The molecule has 0 fully saturated rings. The number of aliphatic hydroxyl groups is 1. The maximum Gasteiger partial charge on any atom is 0.222 e. The molecule has 0 aromatic carbocycles. The summed E-state index contributed by atoms with van der Waals surface area (Å²) in [7, 11) is 3.56. The van der Waals surface area contributed by atoms with Gasteiger partial charge in [-0.1, -0.05) is 13.3 Å². The molecule has 0 aliphatic heterocycles. The molecule has 96 valence electrons. The van der Waals surface area contributed by atoms with E-state index in [0.717, 1.165) is 32.4 Å². The summed E-state index contributed by atoms with van der Waals surface area (Å²) in [6, 6.07) is 0. The van der Waals surface area contributed by atoms with Crippen LogP contribution in [0.3, 0.4) is 0 Å². The van der Waals surface area contributed by atoms with Crippen molar-refractivity contribution in [1.82, 2.24) is 10.2 Å². The summed E-state index contributed by atoms with van der Waals surface area (Å²) < 4.78 is 0. The van der Waals surface area contributed by atoms with Gasteiger partial charge in [0, 0.05) is 27.1 Å². The zero-order valence-corrected chi connectivity index (χ0v) is 10.8. The minimum absolute atomic E-state index is 0.184. The van der Waals surface area contributed by atoms with Crippen LogP contribution in [0.1, 0.15) is 32.6 Å². The maximum atomic E-state index is 11.3. The van der Waals surface area contributed by atoms with Crippen LogP contribution in [0.15, 0.2) is 0 Å². The van der Waals surface area contributed by atoms with E-state index in [0.29, 0.717) is 12.3 Å². The highest BCUT2D eigenvalue weighted by Gasteiger charge is 2.05. The summed E-state index contributed by atoms with van der Waals surface area (Å²) in [5, 5.41) is 12.2. The number of carbonyl (C=O) groups is 1. The standard InChI is InChI=1S/C12H26N2O2/c1-4-11(7-9-15)10-13-8-5-6-12(16)14(2)3/h11,13,15H,4-10H2,1-3H3. The minimum atomic E-state index is 0.184. The number of nitrogens with zero attached hydrogens (tertiary/aromatic N) is 1. The lowest BCUT2D eigenvalue weighted by atomic mass is 10.0. The molecule has 0 saturated heterocycles. The molecule has 0 aliphatic carbocycles. The molecular formula is C12H26N2O2. The van der Waals surface area contributed by atoms with Crippen molar-refractivity contribution in [1.29, 1.82) is 0 Å². The molecule has 0 aromatic rings. The Morgan fingerprint density at radius 1 is 1.44 bits per heavy atom. The molecule has 0 saturated carbocycles. The van der Waals surface area contributed by atoms with Crippen molar-refractivity contribution in [3.63, 3.8) is 0 Å². The summed E-state index contributed by atoms with van der Waals surface area (Å²) in [4.78, 5) is 12.9. The van der Waals surface area contributed by atoms with Crippen molar-refractivity contribution < 1.29 is 9.90 Å². The fourth-order valence-electron chi connectivity index (χ4n) is 1.53. The molecule has 0 spiro atoms. The molecule has 0 heterocycles. The Labute approximate surface area is 99.0 Å². The van der Waals surface area contributed by atoms with Crippen LogP contribution in [0.4, 0.5) is 0 Å². The number of nitrogens with one attached hydrogen (secondary N) is 1. The summed E-state index contributed by atoms with van der Waals surface area (Å²) in [5.41, 5.74) is 0. The molecule has 0 radical (unpaired) electrons. The van der Waals surface area contributed by atoms with E-state index < -0.39 is 0 Å². The van der Waals surface area contributed by atoms with Gasteiger partial charge in [0.15, 0.2) is 0 Å². The SMILES string of the molecule is CCC(CCO)CNCCCC(=O)N(C)C. The van der Waals surface area contributed by atoms with Gasteiger partial charge in [-0.3, -0.25) is 4.79 Å². The van der Waals surface area contributed by atoms with Gasteiger partial charge in [0.25, 0.3) is 0 Å². The molecular weight excluding hydrogens is 204 g/mol. The largest absolute Gasteiger partial charge is 0.396 e. The van der Waals surface area contributed by atoms with E-state index in [-0.39, 0.29) is 12.5 Å². The summed E-state index contributed by atoms with van der Waals surface area (Å²) >= 11 is 0. The smallest absolute Gasteiger partial charge is 0.222 e. The fourth-order valence-corrected chi connectivity index (χ4v) is 1.53. The van der Waals surface area contributed by atoms with Crippen LogP contribution in [0.2, 0.25) is 0 Å². The van der Waals surface area contributed by atoms with Crippen molar-refractivity contribution in [3.05, 3.63) is 0 Å². The lowest BCUT2D eigenvalue weighted by molar-refractivity contribution is -0.128. The van der Waals surface area contributed by atoms with Gasteiger partial charge in [0.1, 0.15) is 0 Å². The third kappa shape index (κ3) is 7.65. The molecule has 16 heavy (non-hydrogen) atoms. The highest BCUT2D eigenvalue weighted by Crippen LogP contribution is 2.05. The van der Waals surface area contributed by atoms with Crippen LogP contribution in [0, 0.1) is 5.92 Å². The summed E-state index contributed by atoms with van der Waals surface area (Å²) in [5.74, 6) is 0.735. The van der Waals surface area contributed by atoms with Gasteiger partial charge >= 0.3 is 0 Å². The first-order valence-electron chi connectivity index (χ1n) is 6.13. The van der Waals surface area contributed by atoms with E-state index in [2.05, 4.69) is 12.2 Å². The van der Waals surface area contributed by atoms with E-state index in [4.69, 9.17) is 5.11 Å². The van der Waals surface area contributed by atoms with Gasteiger partial charge in [0.05, 0.1) is 0 Å². The Morgan fingerprint density at radius 3 is 2.62 bits per heavy atom. The number of hydrogen-bond donors (Lipinski definition) is 2. The quantitative estimate of drug-likeness (QED) is 0.577.